The predicted octanol–water partition coefficient (Wildman–Crippen LogP) is 5.13. The summed E-state index contributed by atoms with van der Waals surface area (Å²) in [7, 11) is 0. The number of thioether (sulfide) groups is 1. The summed E-state index contributed by atoms with van der Waals surface area (Å²) in [5.74, 6) is -0.153. The SMILES string of the molecule is CCn1c(S[C@@H](C)C(=O)Nc2cccc(Cl)c2)nc2sc3c(c2c1=O)CCCC3. The molecule has 152 valence electrons. The van der Waals surface area contributed by atoms with E-state index in [0.717, 1.165) is 29.5 Å². The molecule has 3 aromatic rings. The Morgan fingerprint density at radius 3 is 2.93 bits per heavy atom. The molecule has 1 amide bonds. The molecule has 0 radical (unpaired) electrons. The number of aromatic nitrogens is 2. The molecule has 0 unspecified atom stereocenters. The van der Waals surface area contributed by atoms with E-state index in [0.29, 0.717) is 22.4 Å². The predicted molar refractivity (Wildman–Crippen MR) is 122 cm³/mol. The Balaban J connectivity index is 1.63. The largest absolute Gasteiger partial charge is 0.325 e. The van der Waals surface area contributed by atoms with Gasteiger partial charge in [-0.15, -0.1) is 11.3 Å². The number of amides is 1. The van der Waals surface area contributed by atoms with Crippen molar-refractivity contribution in [3.05, 3.63) is 50.1 Å². The molecule has 0 aliphatic heterocycles. The van der Waals surface area contributed by atoms with Gasteiger partial charge in [0.1, 0.15) is 4.83 Å². The smallest absolute Gasteiger partial charge is 0.263 e. The molecular weight excluding hydrogens is 426 g/mol. The highest BCUT2D eigenvalue weighted by Crippen LogP contribution is 2.35. The fourth-order valence-electron chi connectivity index (χ4n) is 3.61. The molecule has 5 nitrogen and oxygen atoms in total. The van der Waals surface area contributed by atoms with Crippen molar-refractivity contribution < 1.29 is 4.79 Å². The first-order chi connectivity index (χ1) is 14.0. The Hall–Kier alpha value is -1.83. The van der Waals surface area contributed by atoms with Crippen molar-refractivity contribution >= 4 is 56.5 Å². The lowest BCUT2D eigenvalue weighted by Crippen LogP contribution is -2.26. The van der Waals surface area contributed by atoms with Gasteiger partial charge in [-0.25, -0.2) is 4.98 Å². The average molecular weight is 448 g/mol. The lowest BCUT2D eigenvalue weighted by Gasteiger charge is -2.15. The molecule has 2 heterocycles. The molecule has 8 heteroatoms. The van der Waals surface area contributed by atoms with Crippen LogP contribution < -0.4 is 10.9 Å². The summed E-state index contributed by atoms with van der Waals surface area (Å²) in [6, 6.07) is 7.05. The minimum Gasteiger partial charge on any atom is -0.325 e. The van der Waals surface area contributed by atoms with Gasteiger partial charge in [0.25, 0.3) is 5.56 Å². The zero-order valence-electron chi connectivity index (χ0n) is 16.3. The Morgan fingerprint density at radius 1 is 1.38 bits per heavy atom. The van der Waals surface area contributed by atoms with Gasteiger partial charge in [-0.1, -0.05) is 29.4 Å². The van der Waals surface area contributed by atoms with Crippen molar-refractivity contribution in [2.24, 2.45) is 0 Å². The molecule has 2 aromatic heterocycles. The van der Waals surface area contributed by atoms with Crippen LogP contribution in [-0.4, -0.2) is 20.7 Å². The van der Waals surface area contributed by atoms with Crippen LogP contribution >= 0.6 is 34.7 Å². The van der Waals surface area contributed by atoms with E-state index in [2.05, 4.69) is 5.32 Å². The van der Waals surface area contributed by atoms with Crippen LogP contribution in [0, 0.1) is 0 Å². The van der Waals surface area contributed by atoms with Gasteiger partial charge in [-0.05, 0) is 63.3 Å². The first-order valence-corrected chi connectivity index (χ1v) is 11.8. The second-order valence-electron chi connectivity index (χ2n) is 7.09. The number of anilines is 1. The summed E-state index contributed by atoms with van der Waals surface area (Å²) in [4.78, 5) is 32.7. The number of nitrogens with one attached hydrogen (secondary N) is 1. The van der Waals surface area contributed by atoms with Crippen LogP contribution in [0.1, 0.15) is 37.1 Å². The standard InChI is InChI=1S/C21H22ClN3O2S2/c1-3-25-20(27)17-15-9-4-5-10-16(15)29-19(17)24-21(25)28-12(2)18(26)23-14-8-6-7-13(22)11-14/h6-8,11-12H,3-5,9-10H2,1-2H3,(H,23,26)/t12-/m0/s1. The normalized spacial score (nSPS) is 14.6. The third kappa shape index (κ3) is 4.09. The van der Waals surface area contributed by atoms with Crippen molar-refractivity contribution in [3.63, 3.8) is 0 Å². The second kappa shape index (κ2) is 8.50. The third-order valence-electron chi connectivity index (χ3n) is 5.10. The fourth-order valence-corrected chi connectivity index (χ4v) is 6.08. The Labute approximate surface area is 182 Å². The maximum absolute atomic E-state index is 13.2. The number of aryl methyl sites for hydroxylation is 2. The van der Waals surface area contributed by atoms with Crippen LogP contribution in [0.3, 0.4) is 0 Å². The Bertz CT molecular complexity index is 1140. The summed E-state index contributed by atoms with van der Waals surface area (Å²) in [6.07, 6.45) is 4.29. The van der Waals surface area contributed by atoms with Crippen molar-refractivity contribution in [2.75, 3.05) is 5.32 Å². The second-order valence-corrected chi connectivity index (χ2v) is 9.92. The fraction of sp³-hybridized carbons (Fsp3) is 0.381. The Morgan fingerprint density at radius 2 is 2.17 bits per heavy atom. The van der Waals surface area contributed by atoms with Crippen molar-refractivity contribution in [3.8, 4) is 0 Å². The summed E-state index contributed by atoms with van der Waals surface area (Å²) in [5.41, 5.74) is 1.86. The van der Waals surface area contributed by atoms with E-state index >= 15 is 0 Å². The molecule has 1 aromatic carbocycles. The number of thiophene rings is 1. The maximum atomic E-state index is 13.2. The molecular formula is C21H22ClN3O2S2. The van der Waals surface area contributed by atoms with Crippen molar-refractivity contribution in [2.45, 2.75) is 56.5 Å². The summed E-state index contributed by atoms with van der Waals surface area (Å²) >= 11 is 8.94. The van der Waals surface area contributed by atoms with Crippen molar-refractivity contribution in [1.29, 1.82) is 0 Å². The number of rotatable bonds is 5. The molecule has 29 heavy (non-hydrogen) atoms. The minimum atomic E-state index is -0.411. The summed E-state index contributed by atoms with van der Waals surface area (Å²) in [5, 5.41) is 4.41. The van der Waals surface area contributed by atoms with Crippen LogP contribution in [0.5, 0.6) is 0 Å². The first-order valence-electron chi connectivity index (χ1n) is 9.76. The zero-order chi connectivity index (χ0) is 20.5. The van der Waals surface area contributed by atoms with Gasteiger partial charge < -0.3 is 5.32 Å². The van der Waals surface area contributed by atoms with Gasteiger partial charge in [0.2, 0.25) is 5.91 Å². The molecule has 0 fully saturated rings. The van der Waals surface area contributed by atoms with Crippen LogP contribution in [0.25, 0.3) is 10.2 Å². The lowest BCUT2D eigenvalue weighted by atomic mass is 9.97. The van der Waals surface area contributed by atoms with E-state index in [-0.39, 0.29) is 11.5 Å². The molecule has 0 spiro atoms. The number of carbonyl (C=O) groups excluding carboxylic acids is 1. The van der Waals surface area contributed by atoms with Gasteiger partial charge in [-0.3, -0.25) is 14.2 Å². The van der Waals surface area contributed by atoms with Crippen LogP contribution in [0.15, 0.2) is 34.2 Å². The highest BCUT2D eigenvalue weighted by molar-refractivity contribution is 8.00. The van der Waals surface area contributed by atoms with E-state index < -0.39 is 5.25 Å². The molecule has 1 aliphatic carbocycles. The van der Waals surface area contributed by atoms with E-state index in [1.165, 1.54) is 28.6 Å². The Kier molecular flexibility index (Phi) is 5.99. The zero-order valence-corrected chi connectivity index (χ0v) is 18.7. The third-order valence-corrected chi connectivity index (χ3v) is 7.61. The summed E-state index contributed by atoms with van der Waals surface area (Å²) in [6.45, 7) is 4.28. The highest BCUT2D eigenvalue weighted by Gasteiger charge is 2.24. The number of fused-ring (bicyclic) bond motifs is 3. The molecule has 0 bridgehead atoms. The number of hydrogen-bond donors (Lipinski definition) is 1. The van der Waals surface area contributed by atoms with Crippen molar-refractivity contribution in [1.82, 2.24) is 9.55 Å². The monoisotopic (exact) mass is 447 g/mol. The number of hydrogen-bond acceptors (Lipinski definition) is 5. The molecule has 0 saturated heterocycles. The van der Waals surface area contributed by atoms with E-state index in [1.807, 2.05) is 13.8 Å². The number of nitrogens with zero attached hydrogens (tertiary/aromatic N) is 2. The van der Waals surface area contributed by atoms with Crippen LogP contribution in [0.2, 0.25) is 5.02 Å². The van der Waals surface area contributed by atoms with Crippen LogP contribution in [0.4, 0.5) is 5.69 Å². The molecule has 1 aliphatic rings. The first kappa shape index (κ1) is 20.4. The molecule has 0 saturated carbocycles. The van der Waals surface area contributed by atoms with Gasteiger partial charge in [-0.2, -0.15) is 0 Å². The van der Waals surface area contributed by atoms with E-state index in [1.54, 1.807) is 40.2 Å². The van der Waals surface area contributed by atoms with Gasteiger partial charge in [0.15, 0.2) is 5.16 Å². The quantitative estimate of drug-likeness (QED) is 0.435. The minimum absolute atomic E-state index is 0.0156. The molecule has 1 N–H and O–H groups in total. The number of carbonyl (C=O) groups is 1. The number of halogens is 1. The van der Waals surface area contributed by atoms with E-state index in [9.17, 15) is 9.59 Å². The van der Waals surface area contributed by atoms with Crippen LogP contribution in [-0.2, 0) is 24.2 Å². The average Bonchev–Trinajstić information content (AvgIpc) is 3.06. The topological polar surface area (TPSA) is 64.0 Å². The van der Waals surface area contributed by atoms with Gasteiger partial charge in [0, 0.05) is 22.1 Å². The number of benzene rings is 1. The highest BCUT2D eigenvalue weighted by atomic mass is 35.5. The van der Waals surface area contributed by atoms with Gasteiger partial charge >= 0.3 is 0 Å². The maximum Gasteiger partial charge on any atom is 0.263 e. The lowest BCUT2D eigenvalue weighted by molar-refractivity contribution is -0.115. The van der Waals surface area contributed by atoms with Gasteiger partial charge in [0.05, 0.1) is 10.6 Å². The van der Waals surface area contributed by atoms with E-state index in [4.69, 9.17) is 16.6 Å². The summed E-state index contributed by atoms with van der Waals surface area (Å²) < 4.78 is 1.69. The molecule has 1 atom stereocenters. The molecule has 4 rings (SSSR count).